The Morgan fingerprint density at radius 1 is 1.05 bits per heavy atom. The first-order valence-corrected chi connectivity index (χ1v) is 9.17. The molecule has 0 aromatic carbocycles. The number of hydrogen-bond donors (Lipinski definition) is 1. The fourth-order valence-electron chi connectivity index (χ4n) is 4.41. The average molecular weight is 296 g/mol. The minimum absolute atomic E-state index is 0.456. The first-order valence-electron chi connectivity index (χ1n) is 9.17. The Morgan fingerprint density at radius 2 is 1.71 bits per heavy atom. The summed E-state index contributed by atoms with van der Waals surface area (Å²) in [4.78, 5) is 5.07. The van der Waals surface area contributed by atoms with Gasteiger partial charge in [-0.1, -0.05) is 26.2 Å². The van der Waals surface area contributed by atoms with Crippen LogP contribution < -0.4 is 5.32 Å². The molecular formula is C18H37N3. The van der Waals surface area contributed by atoms with Crippen molar-refractivity contribution in [2.75, 3.05) is 40.8 Å². The van der Waals surface area contributed by atoms with Gasteiger partial charge in [0, 0.05) is 24.7 Å². The van der Waals surface area contributed by atoms with E-state index in [4.69, 9.17) is 0 Å². The van der Waals surface area contributed by atoms with E-state index in [1.165, 1.54) is 64.5 Å². The molecule has 2 aliphatic rings. The Balaban J connectivity index is 1.86. The molecule has 0 aromatic rings. The fraction of sp³-hybridized carbons (Fsp3) is 1.00. The molecule has 0 bridgehead atoms. The highest BCUT2D eigenvalue weighted by Gasteiger charge is 2.40. The minimum Gasteiger partial charge on any atom is -0.313 e. The van der Waals surface area contributed by atoms with Crippen molar-refractivity contribution in [3.63, 3.8) is 0 Å². The molecule has 0 heterocycles. The molecular weight excluding hydrogens is 258 g/mol. The van der Waals surface area contributed by atoms with E-state index in [9.17, 15) is 0 Å². The lowest BCUT2D eigenvalue weighted by atomic mass is 9.75. The maximum absolute atomic E-state index is 3.78. The summed E-state index contributed by atoms with van der Waals surface area (Å²) in [6, 6.07) is 0.694. The van der Waals surface area contributed by atoms with E-state index in [1.54, 1.807) is 0 Å². The van der Waals surface area contributed by atoms with Crippen LogP contribution in [0.4, 0.5) is 0 Å². The molecule has 2 aliphatic carbocycles. The fourth-order valence-corrected chi connectivity index (χ4v) is 4.41. The molecule has 3 heteroatoms. The maximum Gasteiger partial charge on any atom is 0.0330 e. The third-order valence-electron chi connectivity index (χ3n) is 5.99. The normalized spacial score (nSPS) is 24.3. The second-order valence-corrected chi connectivity index (χ2v) is 7.73. The highest BCUT2D eigenvalue weighted by atomic mass is 15.2. The van der Waals surface area contributed by atoms with Crippen LogP contribution in [0.5, 0.6) is 0 Å². The van der Waals surface area contributed by atoms with E-state index < -0.39 is 0 Å². The van der Waals surface area contributed by atoms with Gasteiger partial charge in [-0.15, -0.1) is 0 Å². The van der Waals surface area contributed by atoms with Gasteiger partial charge in [0.25, 0.3) is 0 Å². The SMILES string of the molecule is CCNC(CN(C)CC1(N(C)C)CCC1)C1CCCCC1. The second-order valence-electron chi connectivity index (χ2n) is 7.73. The number of hydrogen-bond acceptors (Lipinski definition) is 3. The second kappa shape index (κ2) is 7.94. The topological polar surface area (TPSA) is 18.5 Å². The largest absolute Gasteiger partial charge is 0.313 e. The summed E-state index contributed by atoms with van der Waals surface area (Å²) in [5, 5.41) is 3.78. The molecule has 1 N–H and O–H groups in total. The zero-order chi connectivity index (χ0) is 15.3. The summed E-state index contributed by atoms with van der Waals surface area (Å²) >= 11 is 0. The molecule has 0 aliphatic heterocycles. The van der Waals surface area contributed by atoms with Crippen LogP contribution in [-0.4, -0.2) is 62.2 Å². The van der Waals surface area contributed by atoms with Gasteiger partial charge in [0.2, 0.25) is 0 Å². The van der Waals surface area contributed by atoms with Crippen molar-refractivity contribution in [3.05, 3.63) is 0 Å². The number of nitrogens with zero attached hydrogens (tertiary/aromatic N) is 2. The molecule has 0 aromatic heterocycles. The van der Waals surface area contributed by atoms with Gasteiger partial charge in [-0.05, 0) is 65.7 Å². The predicted molar refractivity (Wildman–Crippen MR) is 91.8 cm³/mol. The lowest BCUT2D eigenvalue weighted by Crippen LogP contribution is -2.58. The van der Waals surface area contributed by atoms with Gasteiger partial charge in [-0.2, -0.15) is 0 Å². The lowest BCUT2D eigenvalue weighted by molar-refractivity contribution is 0.0230. The first-order chi connectivity index (χ1) is 10.1. The Bertz CT molecular complexity index is 293. The van der Waals surface area contributed by atoms with Crippen LogP contribution in [0.2, 0.25) is 0 Å². The molecule has 0 radical (unpaired) electrons. The Kier molecular flexibility index (Phi) is 6.51. The van der Waals surface area contributed by atoms with E-state index >= 15 is 0 Å². The van der Waals surface area contributed by atoms with E-state index in [0.29, 0.717) is 11.6 Å². The molecule has 2 fully saturated rings. The molecule has 0 amide bonds. The van der Waals surface area contributed by atoms with Crippen molar-refractivity contribution in [1.82, 2.24) is 15.1 Å². The minimum atomic E-state index is 0.456. The van der Waals surface area contributed by atoms with E-state index in [1.807, 2.05) is 0 Å². The quantitative estimate of drug-likeness (QED) is 0.743. The molecule has 0 spiro atoms. The van der Waals surface area contributed by atoms with Crippen molar-refractivity contribution in [2.24, 2.45) is 5.92 Å². The van der Waals surface area contributed by atoms with Gasteiger partial charge >= 0.3 is 0 Å². The van der Waals surface area contributed by atoms with Gasteiger partial charge < -0.3 is 15.1 Å². The smallest absolute Gasteiger partial charge is 0.0330 e. The first kappa shape index (κ1) is 17.2. The third-order valence-corrected chi connectivity index (χ3v) is 5.99. The molecule has 124 valence electrons. The number of nitrogens with one attached hydrogen (secondary N) is 1. The van der Waals surface area contributed by atoms with Gasteiger partial charge in [-0.3, -0.25) is 0 Å². The Morgan fingerprint density at radius 3 is 2.19 bits per heavy atom. The lowest BCUT2D eigenvalue weighted by Gasteiger charge is -2.50. The van der Waals surface area contributed by atoms with Crippen LogP contribution in [0.1, 0.15) is 58.3 Å². The van der Waals surface area contributed by atoms with Gasteiger partial charge in [0.05, 0.1) is 0 Å². The van der Waals surface area contributed by atoms with Crippen LogP contribution in [0.15, 0.2) is 0 Å². The van der Waals surface area contributed by atoms with Crippen molar-refractivity contribution in [2.45, 2.75) is 69.9 Å². The number of likely N-dealkylation sites (N-methyl/N-ethyl adjacent to an activating group) is 3. The summed E-state index contributed by atoms with van der Waals surface area (Å²) in [6.07, 6.45) is 11.4. The average Bonchev–Trinajstić information content (AvgIpc) is 2.43. The van der Waals surface area contributed by atoms with Crippen molar-refractivity contribution in [3.8, 4) is 0 Å². The van der Waals surface area contributed by atoms with E-state index in [0.717, 1.165) is 12.5 Å². The summed E-state index contributed by atoms with van der Waals surface area (Å²) < 4.78 is 0. The maximum atomic E-state index is 3.78. The highest BCUT2D eigenvalue weighted by Crippen LogP contribution is 2.37. The molecule has 2 saturated carbocycles. The monoisotopic (exact) mass is 295 g/mol. The summed E-state index contributed by atoms with van der Waals surface area (Å²) in [5.41, 5.74) is 0.456. The zero-order valence-electron chi connectivity index (χ0n) is 14.8. The molecule has 3 nitrogen and oxygen atoms in total. The van der Waals surface area contributed by atoms with Crippen LogP contribution in [0, 0.1) is 5.92 Å². The molecule has 1 atom stereocenters. The molecule has 0 saturated heterocycles. The van der Waals surface area contributed by atoms with Gasteiger partial charge in [0.1, 0.15) is 0 Å². The van der Waals surface area contributed by atoms with Crippen LogP contribution in [-0.2, 0) is 0 Å². The van der Waals surface area contributed by atoms with Crippen molar-refractivity contribution < 1.29 is 0 Å². The standard InChI is InChI=1S/C18H37N3/c1-5-19-17(16-10-7-6-8-11-16)14-21(4)15-18(20(2)3)12-9-13-18/h16-17,19H,5-15H2,1-4H3. The van der Waals surface area contributed by atoms with Crippen molar-refractivity contribution >= 4 is 0 Å². The van der Waals surface area contributed by atoms with Crippen LogP contribution >= 0.6 is 0 Å². The number of rotatable bonds is 8. The van der Waals surface area contributed by atoms with Crippen molar-refractivity contribution in [1.29, 1.82) is 0 Å². The van der Waals surface area contributed by atoms with Crippen LogP contribution in [0.3, 0.4) is 0 Å². The molecule has 2 rings (SSSR count). The summed E-state index contributed by atoms with van der Waals surface area (Å²) in [7, 11) is 6.85. The summed E-state index contributed by atoms with van der Waals surface area (Å²) in [6.45, 7) is 5.81. The molecule has 21 heavy (non-hydrogen) atoms. The van der Waals surface area contributed by atoms with E-state index in [-0.39, 0.29) is 0 Å². The Hall–Kier alpha value is -0.120. The highest BCUT2D eigenvalue weighted by molar-refractivity contribution is 4.98. The van der Waals surface area contributed by atoms with E-state index in [2.05, 4.69) is 43.2 Å². The summed E-state index contributed by atoms with van der Waals surface area (Å²) in [5.74, 6) is 0.901. The van der Waals surface area contributed by atoms with Gasteiger partial charge in [0.15, 0.2) is 0 Å². The Labute approximate surface area is 132 Å². The zero-order valence-corrected chi connectivity index (χ0v) is 14.8. The molecule has 1 unspecified atom stereocenters. The predicted octanol–water partition coefficient (Wildman–Crippen LogP) is 2.96. The van der Waals surface area contributed by atoms with Gasteiger partial charge in [-0.25, -0.2) is 0 Å². The van der Waals surface area contributed by atoms with Crippen LogP contribution in [0.25, 0.3) is 0 Å². The third kappa shape index (κ3) is 4.43.